The van der Waals surface area contributed by atoms with Crippen LogP contribution in [0.15, 0.2) is 26.9 Å². The number of hydrogen-bond donors (Lipinski definition) is 4. The van der Waals surface area contributed by atoms with Gasteiger partial charge in [-0.05, 0) is 18.2 Å². The van der Waals surface area contributed by atoms with Crippen LogP contribution in [0.5, 0.6) is 0 Å². The lowest BCUT2D eigenvalue weighted by atomic mass is 10.1. The Labute approximate surface area is 186 Å². The Balaban J connectivity index is 1.53. The summed E-state index contributed by atoms with van der Waals surface area (Å²) in [7, 11) is 0. The van der Waals surface area contributed by atoms with Crippen molar-refractivity contribution < 1.29 is 9.59 Å². The third-order valence-corrected chi connectivity index (χ3v) is 6.97. The van der Waals surface area contributed by atoms with Gasteiger partial charge in [0.1, 0.15) is 6.07 Å². The minimum atomic E-state index is -0.310. The van der Waals surface area contributed by atoms with Crippen LogP contribution in [0, 0.1) is 11.3 Å². The number of carbonyl (C=O) groups excluding carboxylic acids is 2. The number of nitrogens with two attached hydrogens (primary N) is 2. The van der Waals surface area contributed by atoms with E-state index in [-0.39, 0.29) is 28.9 Å². The van der Waals surface area contributed by atoms with Gasteiger partial charge in [0.2, 0.25) is 22.1 Å². The molecule has 15 heteroatoms. The predicted molar refractivity (Wildman–Crippen MR) is 119 cm³/mol. The molecule has 11 nitrogen and oxygen atoms in total. The van der Waals surface area contributed by atoms with Gasteiger partial charge >= 0.3 is 0 Å². The fraction of sp³-hybridized carbons (Fsp3) is 0.133. The molecule has 154 valence electrons. The number of amides is 2. The quantitative estimate of drug-likeness (QED) is 0.346. The van der Waals surface area contributed by atoms with Gasteiger partial charge in [-0.25, -0.2) is 0 Å². The fourth-order valence-corrected chi connectivity index (χ4v) is 4.89. The summed E-state index contributed by atoms with van der Waals surface area (Å²) >= 11 is 4.78. The van der Waals surface area contributed by atoms with E-state index in [1.807, 2.05) is 6.07 Å². The van der Waals surface area contributed by atoms with Crippen LogP contribution in [-0.2, 0) is 9.59 Å². The summed E-state index contributed by atoms with van der Waals surface area (Å²) in [6, 6.07) is 6.64. The molecule has 3 aromatic rings. The van der Waals surface area contributed by atoms with Gasteiger partial charge in [-0.15, -0.1) is 20.4 Å². The molecule has 0 saturated heterocycles. The molecule has 2 aromatic heterocycles. The van der Waals surface area contributed by atoms with Gasteiger partial charge in [0.25, 0.3) is 0 Å². The minimum Gasteiger partial charge on any atom is -0.374 e. The van der Waals surface area contributed by atoms with Gasteiger partial charge in [-0.1, -0.05) is 46.2 Å². The number of anilines is 4. The van der Waals surface area contributed by atoms with Crippen molar-refractivity contribution in [3.63, 3.8) is 0 Å². The lowest BCUT2D eigenvalue weighted by molar-refractivity contribution is -0.114. The molecule has 2 amide bonds. The van der Waals surface area contributed by atoms with E-state index in [4.69, 9.17) is 11.5 Å². The number of benzene rings is 1. The number of nitrogens with zero attached hydrogens (tertiary/aromatic N) is 5. The van der Waals surface area contributed by atoms with Crippen molar-refractivity contribution >= 4 is 79.6 Å². The van der Waals surface area contributed by atoms with Crippen LogP contribution in [-0.4, -0.2) is 43.7 Å². The molecule has 0 aliphatic rings. The number of carbonyl (C=O) groups is 2. The molecule has 0 aliphatic heterocycles. The number of thioether (sulfide) groups is 2. The zero-order chi connectivity index (χ0) is 21.5. The first kappa shape index (κ1) is 21.8. The molecule has 0 spiro atoms. The maximum atomic E-state index is 12.1. The van der Waals surface area contributed by atoms with E-state index in [2.05, 4.69) is 31.0 Å². The predicted octanol–water partition coefficient (Wildman–Crippen LogP) is 1.89. The van der Waals surface area contributed by atoms with Crippen molar-refractivity contribution in [2.45, 2.75) is 8.68 Å². The molecular formula is C15H13N9O2S4. The largest absolute Gasteiger partial charge is 0.374 e. The lowest BCUT2D eigenvalue weighted by Gasteiger charge is -2.09. The second kappa shape index (κ2) is 10.2. The maximum absolute atomic E-state index is 12.1. The highest BCUT2D eigenvalue weighted by atomic mass is 32.2. The van der Waals surface area contributed by atoms with Crippen LogP contribution in [0.4, 0.5) is 21.6 Å². The molecule has 0 unspecified atom stereocenters. The van der Waals surface area contributed by atoms with Crippen LogP contribution in [0.3, 0.4) is 0 Å². The van der Waals surface area contributed by atoms with E-state index in [9.17, 15) is 14.9 Å². The Bertz CT molecular complexity index is 1110. The monoisotopic (exact) mass is 479 g/mol. The van der Waals surface area contributed by atoms with E-state index < -0.39 is 0 Å². The molecule has 0 saturated carbocycles. The molecule has 0 bridgehead atoms. The zero-order valence-electron chi connectivity index (χ0n) is 15.0. The first-order valence-corrected chi connectivity index (χ1v) is 11.6. The number of nitriles is 1. The summed E-state index contributed by atoms with van der Waals surface area (Å²) in [5.41, 5.74) is 12.0. The van der Waals surface area contributed by atoms with E-state index in [0.717, 1.165) is 0 Å². The smallest absolute Gasteiger partial charge is 0.234 e. The first-order chi connectivity index (χ1) is 14.4. The minimum absolute atomic E-state index is 0.0886. The summed E-state index contributed by atoms with van der Waals surface area (Å²) in [5.74, 6) is -0.384. The second-order valence-corrected chi connectivity index (χ2v) is 9.82. The number of aromatic nitrogens is 4. The molecule has 0 atom stereocenters. The van der Waals surface area contributed by atoms with Crippen molar-refractivity contribution in [2.75, 3.05) is 33.6 Å². The molecule has 0 aliphatic carbocycles. The molecule has 1 aromatic carbocycles. The van der Waals surface area contributed by atoms with Gasteiger partial charge in [0.15, 0.2) is 8.68 Å². The van der Waals surface area contributed by atoms with E-state index in [1.165, 1.54) is 52.3 Å². The number of rotatable bonds is 8. The van der Waals surface area contributed by atoms with Crippen molar-refractivity contribution in [1.29, 1.82) is 5.26 Å². The van der Waals surface area contributed by atoms with Gasteiger partial charge in [0.05, 0.1) is 22.8 Å². The molecule has 6 N–H and O–H groups in total. The third kappa shape index (κ3) is 6.29. The van der Waals surface area contributed by atoms with E-state index in [0.29, 0.717) is 30.3 Å². The Morgan fingerprint density at radius 2 is 1.53 bits per heavy atom. The Morgan fingerprint density at radius 3 is 2.03 bits per heavy atom. The molecule has 30 heavy (non-hydrogen) atoms. The number of hydrogen-bond acceptors (Lipinski definition) is 13. The highest BCUT2D eigenvalue weighted by molar-refractivity contribution is 8.02. The van der Waals surface area contributed by atoms with E-state index >= 15 is 0 Å². The standard InChI is InChI=1S/C15H13N9O2S4/c16-4-7-3-8(19-10(25)5-27-14-23-21-12(17)29-14)1-2-9(7)20-11(26)6-28-15-24-22-13(18)30-15/h1-3H,5-6H2,(H2,17,21)(H2,18,22)(H,19,25)(H,20,26). The van der Waals surface area contributed by atoms with Crippen LogP contribution in [0.25, 0.3) is 0 Å². The SMILES string of the molecule is N#Cc1cc(NC(=O)CSc2nnc(N)s2)ccc1NC(=O)CSc1nnc(N)s1. The third-order valence-electron chi connectivity index (χ3n) is 3.20. The van der Waals surface area contributed by atoms with E-state index in [1.54, 1.807) is 12.1 Å². The highest BCUT2D eigenvalue weighted by Gasteiger charge is 2.12. The Hall–Kier alpha value is -2.93. The van der Waals surface area contributed by atoms with Gasteiger partial charge < -0.3 is 22.1 Å². The fourth-order valence-electron chi connectivity index (χ4n) is 2.02. The summed E-state index contributed by atoms with van der Waals surface area (Å²) in [5, 5.41) is 30.4. The lowest BCUT2D eigenvalue weighted by Crippen LogP contribution is -2.16. The topological polar surface area (TPSA) is 186 Å². The first-order valence-electron chi connectivity index (χ1n) is 8.00. The molecule has 2 heterocycles. The van der Waals surface area contributed by atoms with Gasteiger partial charge in [0, 0.05) is 5.69 Å². The Morgan fingerprint density at radius 1 is 0.967 bits per heavy atom. The molecule has 3 rings (SSSR count). The van der Waals surface area contributed by atoms with Crippen molar-refractivity contribution in [3.05, 3.63) is 23.8 Å². The van der Waals surface area contributed by atoms with Crippen LogP contribution in [0.2, 0.25) is 0 Å². The zero-order valence-corrected chi connectivity index (χ0v) is 18.3. The van der Waals surface area contributed by atoms with Crippen molar-refractivity contribution in [3.8, 4) is 6.07 Å². The average Bonchev–Trinajstić information content (AvgIpc) is 3.33. The summed E-state index contributed by atoms with van der Waals surface area (Å²) in [4.78, 5) is 24.2. The normalized spacial score (nSPS) is 10.4. The van der Waals surface area contributed by atoms with Crippen LogP contribution in [0.1, 0.15) is 5.56 Å². The maximum Gasteiger partial charge on any atom is 0.234 e. The van der Waals surface area contributed by atoms with Crippen molar-refractivity contribution in [2.24, 2.45) is 0 Å². The summed E-state index contributed by atoms with van der Waals surface area (Å²) in [6.45, 7) is 0. The molecule has 0 radical (unpaired) electrons. The number of nitrogens with one attached hydrogen (secondary N) is 2. The Kier molecular flexibility index (Phi) is 7.41. The van der Waals surface area contributed by atoms with Crippen LogP contribution < -0.4 is 22.1 Å². The second-order valence-electron chi connectivity index (χ2n) is 5.36. The van der Waals surface area contributed by atoms with Gasteiger partial charge in [-0.2, -0.15) is 5.26 Å². The number of nitrogen functional groups attached to an aromatic ring is 2. The summed E-state index contributed by atoms with van der Waals surface area (Å²) in [6.07, 6.45) is 0. The average molecular weight is 480 g/mol. The molecular weight excluding hydrogens is 466 g/mol. The van der Waals surface area contributed by atoms with Crippen LogP contribution >= 0.6 is 46.2 Å². The molecule has 0 fully saturated rings. The van der Waals surface area contributed by atoms with Crippen molar-refractivity contribution in [1.82, 2.24) is 20.4 Å². The summed E-state index contributed by atoms with van der Waals surface area (Å²) < 4.78 is 1.17. The highest BCUT2D eigenvalue weighted by Crippen LogP contribution is 2.26. The van der Waals surface area contributed by atoms with Gasteiger partial charge in [-0.3, -0.25) is 9.59 Å².